The molecule has 0 saturated heterocycles. The molecule has 4 heteroatoms. The fraction of sp³-hybridized carbons (Fsp3) is 0.815. The topological polar surface area (TPSA) is 41.1 Å². The molecule has 2 unspecified atom stereocenters. The standard InChI is InChI=1S/C27H51N3O/c1-4-6-7-8-9-10-11-12-13-14-15-16-17-18-19-20-21-27-29-23-25-30(27,5-2)24-22-28-26(3)31/h15-16,23,25,27,29H,4-14,17-22,24H2,1-3H3/p+1/b16-15+. The Balaban J connectivity index is 1.99. The van der Waals surface area contributed by atoms with Crippen LogP contribution in [0.5, 0.6) is 0 Å². The second kappa shape index (κ2) is 18.3. The van der Waals surface area contributed by atoms with Gasteiger partial charge in [0.2, 0.25) is 5.91 Å². The van der Waals surface area contributed by atoms with Crippen LogP contribution in [0.3, 0.4) is 0 Å². The van der Waals surface area contributed by atoms with Crippen molar-refractivity contribution >= 4 is 5.91 Å². The quantitative estimate of drug-likeness (QED) is 0.126. The molecule has 0 aromatic heterocycles. The van der Waals surface area contributed by atoms with Gasteiger partial charge >= 0.3 is 0 Å². The highest BCUT2D eigenvalue weighted by atomic mass is 16.1. The monoisotopic (exact) mass is 434 g/mol. The number of nitrogens with zero attached hydrogens (tertiary/aromatic N) is 1. The van der Waals surface area contributed by atoms with Gasteiger partial charge in [0.25, 0.3) is 0 Å². The molecule has 4 nitrogen and oxygen atoms in total. The third-order valence-electron chi connectivity index (χ3n) is 6.76. The summed E-state index contributed by atoms with van der Waals surface area (Å²) in [5, 5.41) is 6.51. The van der Waals surface area contributed by atoms with Crippen molar-refractivity contribution in [2.75, 3.05) is 19.6 Å². The Morgan fingerprint density at radius 2 is 1.48 bits per heavy atom. The van der Waals surface area contributed by atoms with Crippen LogP contribution in [0.2, 0.25) is 0 Å². The van der Waals surface area contributed by atoms with E-state index in [9.17, 15) is 4.79 Å². The molecular weight excluding hydrogens is 382 g/mol. The molecule has 1 aliphatic heterocycles. The van der Waals surface area contributed by atoms with Crippen LogP contribution >= 0.6 is 0 Å². The molecule has 2 N–H and O–H groups in total. The Kier molecular flexibility index (Phi) is 16.4. The van der Waals surface area contributed by atoms with E-state index in [1.54, 1.807) is 6.92 Å². The van der Waals surface area contributed by atoms with Crippen molar-refractivity contribution in [1.29, 1.82) is 0 Å². The van der Waals surface area contributed by atoms with Crippen molar-refractivity contribution in [3.8, 4) is 0 Å². The van der Waals surface area contributed by atoms with E-state index in [-0.39, 0.29) is 5.91 Å². The lowest BCUT2D eigenvalue weighted by Crippen LogP contribution is -2.55. The summed E-state index contributed by atoms with van der Waals surface area (Å²) in [5.74, 6) is 0.0628. The Morgan fingerprint density at radius 1 is 0.903 bits per heavy atom. The highest BCUT2D eigenvalue weighted by Crippen LogP contribution is 2.22. The molecule has 1 rings (SSSR count). The zero-order chi connectivity index (χ0) is 22.6. The van der Waals surface area contributed by atoms with Crippen molar-refractivity contribution < 1.29 is 9.28 Å². The van der Waals surface area contributed by atoms with E-state index in [0.717, 1.165) is 24.1 Å². The lowest BCUT2D eigenvalue weighted by Gasteiger charge is -2.37. The summed E-state index contributed by atoms with van der Waals surface area (Å²) in [7, 11) is 0. The van der Waals surface area contributed by atoms with Crippen molar-refractivity contribution in [3.05, 3.63) is 24.6 Å². The van der Waals surface area contributed by atoms with Gasteiger partial charge < -0.3 is 10.6 Å². The number of carbonyl (C=O) groups excluding carboxylic acids is 1. The van der Waals surface area contributed by atoms with Gasteiger partial charge in [-0.3, -0.25) is 9.28 Å². The van der Waals surface area contributed by atoms with Crippen LogP contribution < -0.4 is 10.6 Å². The maximum absolute atomic E-state index is 11.2. The van der Waals surface area contributed by atoms with Gasteiger partial charge in [0.15, 0.2) is 6.17 Å². The van der Waals surface area contributed by atoms with Gasteiger partial charge in [0.1, 0.15) is 12.7 Å². The Labute approximate surface area is 193 Å². The third-order valence-corrected chi connectivity index (χ3v) is 6.76. The molecule has 0 spiro atoms. The summed E-state index contributed by atoms with van der Waals surface area (Å²) in [6, 6.07) is 0. The Bertz CT molecular complexity index is 503. The van der Waals surface area contributed by atoms with E-state index >= 15 is 0 Å². The van der Waals surface area contributed by atoms with Crippen molar-refractivity contribution in [2.24, 2.45) is 0 Å². The van der Waals surface area contributed by atoms with E-state index in [0.29, 0.717) is 6.17 Å². The summed E-state index contributed by atoms with van der Waals surface area (Å²) in [4.78, 5) is 11.2. The minimum Gasteiger partial charge on any atom is -0.351 e. The van der Waals surface area contributed by atoms with E-state index < -0.39 is 0 Å². The lowest BCUT2D eigenvalue weighted by molar-refractivity contribution is -0.898. The largest absolute Gasteiger partial charge is 0.351 e. The SMILES string of the molecule is CCCCCCCCCCC/C=C/CCCCCC1NC=C[N+]1(CC)CCNC(C)=O. The maximum Gasteiger partial charge on any atom is 0.217 e. The number of rotatable bonds is 20. The molecule has 2 atom stereocenters. The highest BCUT2D eigenvalue weighted by Gasteiger charge is 2.36. The van der Waals surface area contributed by atoms with E-state index in [1.807, 2.05) is 0 Å². The van der Waals surface area contributed by atoms with Crippen molar-refractivity contribution in [3.63, 3.8) is 0 Å². The molecular formula is C27H52N3O+. The molecule has 0 aromatic rings. The molecule has 180 valence electrons. The van der Waals surface area contributed by atoms with E-state index in [1.165, 1.54) is 96.3 Å². The van der Waals surface area contributed by atoms with Gasteiger partial charge in [-0.2, -0.15) is 0 Å². The van der Waals surface area contributed by atoms with Crippen LogP contribution in [0.1, 0.15) is 117 Å². The molecule has 1 aliphatic rings. The zero-order valence-corrected chi connectivity index (χ0v) is 21.0. The summed E-state index contributed by atoms with van der Waals surface area (Å²) >= 11 is 0. The van der Waals surface area contributed by atoms with Crippen LogP contribution in [-0.2, 0) is 4.79 Å². The Hall–Kier alpha value is -1.29. The predicted octanol–water partition coefficient (Wildman–Crippen LogP) is 6.79. The number of amides is 1. The summed E-state index contributed by atoms with van der Waals surface area (Å²) in [5.41, 5.74) is 0. The molecule has 0 fully saturated rings. The molecule has 0 saturated carbocycles. The maximum atomic E-state index is 11.2. The average molecular weight is 435 g/mol. The summed E-state index contributed by atoms with van der Waals surface area (Å²) in [6.07, 6.45) is 29.9. The number of allylic oxidation sites excluding steroid dienone is 2. The van der Waals surface area contributed by atoms with Gasteiger partial charge in [-0.25, -0.2) is 0 Å². The molecule has 0 bridgehead atoms. The fourth-order valence-electron chi connectivity index (χ4n) is 4.63. The number of likely N-dealkylation sites (N-methyl/N-ethyl adjacent to an activating group) is 1. The van der Waals surface area contributed by atoms with Crippen LogP contribution in [0, 0.1) is 0 Å². The first kappa shape index (κ1) is 27.7. The molecule has 31 heavy (non-hydrogen) atoms. The van der Waals surface area contributed by atoms with E-state index in [2.05, 4.69) is 49.0 Å². The molecule has 1 amide bonds. The van der Waals surface area contributed by atoms with Crippen LogP contribution in [0.15, 0.2) is 24.6 Å². The first-order valence-corrected chi connectivity index (χ1v) is 13.3. The second-order valence-electron chi connectivity index (χ2n) is 9.35. The average Bonchev–Trinajstić information content (AvgIpc) is 3.16. The zero-order valence-electron chi connectivity index (χ0n) is 21.0. The van der Waals surface area contributed by atoms with Crippen LogP contribution in [0.4, 0.5) is 0 Å². The van der Waals surface area contributed by atoms with Crippen LogP contribution in [0.25, 0.3) is 0 Å². The first-order valence-electron chi connectivity index (χ1n) is 13.3. The number of quaternary nitrogens is 1. The lowest BCUT2D eigenvalue weighted by atomic mass is 10.1. The number of carbonyl (C=O) groups is 1. The number of nitrogens with one attached hydrogen (secondary N) is 2. The third kappa shape index (κ3) is 13.0. The van der Waals surface area contributed by atoms with Gasteiger partial charge in [-0.1, -0.05) is 76.9 Å². The molecule has 0 aromatic carbocycles. The van der Waals surface area contributed by atoms with Crippen molar-refractivity contribution in [2.45, 2.75) is 123 Å². The van der Waals surface area contributed by atoms with E-state index in [4.69, 9.17) is 0 Å². The fourth-order valence-corrected chi connectivity index (χ4v) is 4.63. The second-order valence-corrected chi connectivity index (χ2v) is 9.35. The smallest absolute Gasteiger partial charge is 0.217 e. The predicted molar refractivity (Wildman–Crippen MR) is 134 cm³/mol. The van der Waals surface area contributed by atoms with Gasteiger partial charge in [-0.05, 0) is 39.0 Å². The number of unbranched alkanes of at least 4 members (excludes halogenated alkanes) is 12. The molecule has 0 aliphatic carbocycles. The Morgan fingerprint density at radius 3 is 2.06 bits per heavy atom. The molecule has 1 heterocycles. The number of hydrogen-bond acceptors (Lipinski definition) is 2. The van der Waals surface area contributed by atoms with Gasteiger partial charge in [0, 0.05) is 13.3 Å². The van der Waals surface area contributed by atoms with Crippen molar-refractivity contribution in [1.82, 2.24) is 10.6 Å². The van der Waals surface area contributed by atoms with Gasteiger partial charge in [0.05, 0.1) is 19.3 Å². The highest BCUT2D eigenvalue weighted by molar-refractivity contribution is 5.72. The minimum atomic E-state index is 0.0628. The normalized spacial score (nSPS) is 20.4. The minimum absolute atomic E-state index is 0.0628. The number of hydrogen-bond donors (Lipinski definition) is 2. The van der Waals surface area contributed by atoms with Crippen LogP contribution in [-0.4, -0.2) is 36.2 Å². The van der Waals surface area contributed by atoms with Gasteiger partial charge in [-0.15, -0.1) is 0 Å². The summed E-state index contributed by atoms with van der Waals surface area (Å²) in [6.45, 7) is 8.90. The molecule has 0 radical (unpaired) electrons. The first-order chi connectivity index (χ1) is 15.1. The summed E-state index contributed by atoms with van der Waals surface area (Å²) < 4.78 is 0.943.